The van der Waals surface area contributed by atoms with Crippen LogP contribution in [0.15, 0.2) is 79.4 Å². The molecule has 2 saturated heterocycles. The molecule has 3 fully saturated rings. The molecule has 8 rings (SSSR count). The van der Waals surface area contributed by atoms with Gasteiger partial charge in [-0.25, -0.2) is 9.97 Å². The van der Waals surface area contributed by atoms with Crippen LogP contribution in [-0.2, 0) is 11.3 Å². The number of aromatic nitrogens is 3. The molecule has 0 spiro atoms. The quantitative estimate of drug-likeness (QED) is 0.221. The highest BCUT2D eigenvalue weighted by Gasteiger charge is 2.62. The van der Waals surface area contributed by atoms with Gasteiger partial charge in [-0.3, -0.25) is 0 Å². The second-order valence-electron chi connectivity index (χ2n) is 11.1. The second kappa shape index (κ2) is 10.2. The SMILES string of the molecule is COc1ccc(CNc2nccc3c(NCC45COC(COc6ccc7nccn7c6)(C4)C5)cccc23)c(OC)c1. The number of pyridine rings is 2. The Morgan fingerprint density at radius 1 is 0.927 bits per heavy atom. The van der Waals surface area contributed by atoms with Gasteiger partial charge in [-0.05, 0) is 49.2 Å². The molecule has 0 amide bonds. The Bertz CT molecular complexity index is 1710. The molecule has 1 saturated carbocycles. The van der Waals surface area contributed by atoms with Crippen LogP contribution in [0.3, 0.4) is 0 Å². The predicted octanol–water partition coefficient (Wildman–Crippen LogP) is 5.55. The van der Waals surface area contributed by atoms with Crippen LogP contribution < -0.4 is 24.8 Å². The van der Waals surface area contributed by atoms with E-state index in [1.165, 1.54) is 0 Å². The first-order chi connectivity index (χ1) is 20.1. The summed E-state index contributed by atoms with van der Waals surface area (Å²) in [6.45, 7) is 2.73. The molecule has 5 heterocycles. The van der Waals surface area contributed by atoms with Crippen LogP contribution >= 0.6 is 0 Å². The number of benzene rings is 2. The van der Waals surface area contributed by atoms with E-state index in [0.717, 1.165) is 76.7 Å². The summed E-state index contributed by atoms with van der Waals surface area (Å²) in [5, 5.41) is 9.42. The third kappa shape index (κ3) is 4.76. The number of imidazole rings is 1. The summed E-state index contributed by atoms with van der Waals surface area (Å²) in [4.78, 5) is 8.93. The van der Waals surface area contributed by atoms with E-state index in [0.29, 0.717) is 13.2 Å². The van der Waals surface area contributed by atoms with Crippen molar-refractivity contribution in [1.82, 2.24) is 14.4 Å². The van der Waals surface area contributed by atoms with Gasteiger partial charge in [0, 0.05) is 65.2 Å². The van der Waals surface area contributed by atoms with Crippen LogP contribution in [0.1, 0.15) is 18.4 Å². The van der Waals surface area contributed by atoms with Gasteiger partial charge in [0.2, 0.25) is 0 Å². The van der Waals surface area contributed by atoms with Crippen LogP contribution in [0.4, 0.5) is 11.5 Å². The Morgan fingerprint density at radius 2 is 1.83 bits per heavy atom. The number of nitrogens with zero attached hydrogens (tertiary/aromatic N) is 3. The minimum Gasteiger partial charge on any atom is -0.497 e. The number of ether oxygens (including phenoxy) is 4. The molecule has 9 nitrogen and oxygen atoms in total. The summed E-state index contributed by atoms with van der Waals surface area (Å²) >= 11 is 0. The summed E-state index contributed by atoms with van der Waals surface area (Å²) in [7, 11) is 3.32. The highest BCUT2D eigenvalue weighted by atomic mass is 16.6. The third-order valence-electron chi connectivity index (χ3n) is 8.34. The lowest BCUT2D eigenvalue weighted by molar-refractivity contribution is -0.0482. The smallest absolute Gasteiger partial charge is 0.136 e. The van der Waals surface area contributed by atoms with Crippen molar-refractivity contribution in [3.05, 3.63) is 84.9 Å². The monoisotopic (exact) mass is 551 g/mol. The summed E-state index contributed by atoms with van der Waals surface area (Å²) in [6.07, 6.45) is 9.51. The zero-order valence-electron chi connectivity index (χ0n) is 23.2. The van der Waals surface area contributed by atoms with Gasteiger partial charge in [0.15, 0.2) is 0 Å². The molecule has 2 bridgehead atoms. The minimum atomic E-state index is -0.201. The maximum atomic E-state index is 6.29. The molecule has 3 aliphatic rings. The molecule has 2 aromatic carbocycles. The molecule has 1 aliphatic carbocycles. The molecule has 0 radical (unpaired) electrons. The topological polar surface area (TPSA) is 91.2 Å². The molecule has 2 N–H and O–H groups in total. The highest BCUT2D eigenvalue weighted by molar-refractivity contribution is 5.99. The summed E-state index contributed by atoms with van der Waals surface area (Å²) in [5.74, 6) is 3.20. The van der Waals surface area contributed by atoms with E-state index in [1.807, 2.05) is 53.3 Å². The molecule has 0 atom stereocenters. The van der Waals surface area contributed by atoms with Crippen molar-refractivity contribution < 1.29 is 18.9 Å². The second-order valence-corrected chi connectivity index (χ2v) is 11.1. The number of fused-ring (bicyclic) bond motifs is 3. The van der Waals surface area contributed by atoms with Crippen LogP contribution in [0, 0.1) is 5.41 Å². The van der Waals surface area contributed by atoms with Gasteiger partial charge < -0.3 is 34.0 Å². The molecular formula is C32H33N5O4. The maximum absolute atomic E-state index is 6.29. The highest BCUT2D eigenvalue weighted by Crippen LogP contribution is 2.58. The van der Waals surface area contributed by atoms with Gasteiger partial charge in [0.1, 0.15) is 40.9 Å². The third-order valence-corrected chi connectivity index (χ3v) is 8.34. The Morgan fingerprint density at radius 3 is 2.71 bits per heavy atom. The fourth-order valence-corrected chi connectivity index (χ4v) is 6.31. The molecule has 41 heavy (non-hydrogen) atoms. The molecule has 9 heteroatoms. The van der Waals surface area contributed by atoms with Gasteiger partial charge in [-0.2, -0.15) is 0 Å². The molecule has 2 aliphatic heterocycles. The van der Waals surface area contributed by atoms with Crippen LogP contribution in [0.2, 0.25) is 0 Å². The lowest BCUT2D eigenvalue weighted by Gasteiger charge is -2.44. The van der Waals surface area contributed by atoms with Crippen molar-refractivity contribution in [2.75, 3.05) is 44.6 Å². The van der Waals surface area contributed by atoms with Crippen LogP contribution in [-0.4, -0.2) is 53.9 Å². The van der Waals surface area contributed by atoms with Gasteiger partial charge >= 0.3 is 0 Å². The van der Waals surface area contributed by atoms with E-state index in [2.05, 4.69) is 44.9 Å². The average molecular weight is 552 g/mol. The van der Waals surface area contributed by atoms with Crippen molar-refractivity contribution in [2.45, 2.75) is 25.0 Å². The first-order valence-corrected chi connectivity index (χ1v) is 13.8. The van der Waals surface area contributed by atoms with E-state index in [-0.39, 0.29) is 11.0 Å². The fourth-order valence-electron chi connectivity index (χ4n) is 6.31. The van der Waals surface area contributed by atoms with Crippen molar-refractivity contribution in [2.24, 2.45) is 5.41 Å². The predicted molar refractivity (Wildman–Crippen MR) is 158 cm³/mol. The summed E-state index contributed by atoms with van der Waals surface area (Å²) in [6, 6.07) is 18.1. The Hall–Kier alpha value is -4.50. The Kier molecular flexibility index (Phi) is 6.31. The number of methoxy groups -OCH3 is 2. The number of rotatable bonds is 11. The lowest BCUT2D eigenvalue weighted by Crippen LogP contribution is -2.51. The first kappa shape index (κ1) is 25.5. The molecule has 0 unspecified atom stereocenters. The van der Waals surface area contributed by atoms with Crippen molar-refractivity contribution in [3.8, 4) is 17.2 Å². The number of hydrogen-bond acceptors (Lipinski definition) is 8. The van der Waals surface area contributed by atoms with Gasteiger partial charge in [-0.1, -0.05) is 12.1 Å². The van der Waals surface area contributed by atoms with Gasteiger partial charge in [0.25, 0.3) is 0 Å². The summed E-state index contributed by atoms with van der Waals surface area (Å²) < 4.78 is 25.3. The maximum Gasteiger partial charge on any atom is 0.136 e. The van der Waals surface area contributed by atoms with E-state index in [9.17, 15) is 0 Å². The van der Waals surface area contributed by atoms with Crippen LogP contribution in [0.25, 0.3) is 16.4 Å². The first-order valence-electron chi connectivity index (χ1n) is 13.8. The van der Waals surface area contributed by atoms with E-state index < -0.39 is 0 Å². The molecule has 3 aromatic heterocycles. The van der Waals surface area contributed by atoms with Crippen molar-refractivity contribution in [1.29, 1.82) is 0 Å². The zero-order chi connectivity index (χ0) is 27.9. The fraction of sp³-hybridized carbons (Fsp3) is 0.312. The zero-order valence-corrected chi connectivity index (χ0v) is 23.2. The van der Waals surface area contributed by atoms with E-state index in [4.69, 9.17) is 18.9 Å². The minimum absolute atomic E-state index is 0.124. The number of anilines is 2. The Labute approximate surface area is 238 Å². The lowest BCUT2D eigenvalue weighted by atomic mass is 9.62. The molecule has 5 aromatic rings. The molecular weight excluding hydrogens is 518 g/mol. The standard InChI is InChI=1S/C32H33N5O4/c1-38-23-7-6-22(28(14-23)39-2)15-35-30-26-4-3-5-27(25(26)10-11-34-30)36-19-31-17-32(18-31,41-20-31)21-40-24-8-9-29-33-12-13-37(29)16-24/h3-14,16,36H,15,17-21H2,1-2H3,(H,34,35). The normalized spacial score (nSPS) is 21.0. The van der Waals surface area contributed by atoms with Crippen molar-refractivity contribution in [3.63, 3.8) is 0 Å². The average Bonchev–Trinajstić information content (AvgIpc) is 3.71. The summed E-state index contributed by atoms with van der Waals surface area (Å²) in [5.41, 5.74) is 2.96. The Balaban J connectivity index is 0.994. The van der Waals surface area contributed by atoms with E-state index >= 15 is 0 Å². The van der Waals surface area contributed by atoms with Gasteiger partial charge in [0.05, 0.1) is 27.0 Å². The van der Waals surface area contributed by atoms with Crippen LogP contribution in [0.5, 0.6) is 17.2 Å². The van der Waals surface area contributed by atoms with Gasteiger partial charge in [-0.15, -0.1) is 0 Å². The van der Waals surface area contributed by atoms with Crippen molar-refractivity contribution >= 4 is 27.9 Å². The largest absolute Gasteiger partial charge is 0.497 e. The number of nitrogens with one attached hydrogen (secondary N) is 2. The number of hydrogen-bond donors (Lipinski definition) is 2. The molecule has 210 valence electrons. The van der Waals surface area contributed by atoms with E-state index in [1.54, 1.807) is 20.4 Å².